The summed E-state index contributed by atoms with van der Waals surface area (Å²) >= 11 is 6.05. The summed E-state index contributed by atoms with van der Waals surface area (Å²) in [4.78, 5) is 0. The van der Waals surface area contributed by atoms with Gasteiger partial charge in [0.15, 0.2) is 0 Å². The molecule has 0 atom stereocenters. The normalized spacial score (nSPS) is 15.7. The summed E-state index contributed by atoms with van der Waals surface area (Å²) < 4.78 is 5.72. The third-order valence-electron chi connectivity index (χ3n) is 2.74. The highest BCUT2D eigenvalue weighted by Crippen LogP contribution is 2.31. The van der Waals surface area contributed by atoms with E-state index in [0.29, 0.717) is 5.92 Å². The van der Waals surface area contributed by atoms with Crippen LogP contribution in [0.4, 0.5) is 0 Å². The monoisotopic (exact) mass is 224 g/mol. The lowest BCUT2D eigenvalue weighted by atomic mass is 10.0. The zero-order chi connectivity index (χ0) is 10.8. The van der Waals surface area contributed by atoms with E-state index in [-0.39, 0.29) is 0 Å². The molecule has 1 aromatic carbocycles. The average molecular weight is 225 g/mol. The Hall–Kier alpha value is -0.690. The van der Waals surface area contributed by atoms with Gasteiger partial charge in [0.2, 0.25) is 0 Å². The Labute approximate surface area is 96.4 Å². The first-order valence-electron chi connectivity index (χ1n) is 5.58. The molecule has 1 aliphatic carbocycles. The van der Waals surface area contributed by atoms with Gasteiger partial charge in [-0.05, 0) is 48.4 Å². The first kappa shape index (κ1) is 10.8. The minimum Gasteiger partial charge on any atom is -0.493 e. The van der Waals surface area contributed by atoms with E-state index in [0.717, 1.165) is 23.3 Å². The standard InChI is InChI=1S/C13H17ClO/c1-9(2)11-5-12(14)7-13(6-11)15-8-10-3-4-10/h5-7,9-10H,3-4,8H2,1-2H3. The topological polar surface area (TPSA) is 9.23 Å². The molecule has 2 rings (SSSR count). The lowest BCUT2D eigenvalue weighted by molar-refractivity contribution is 0.299. The van der Waals surface area contributed by atoms with Crippen molar-refractivity contribution in [2.75, 3.05) is 6.61 Å². The van der Waals surface area contributed by atoms with Crippen molar-refractivity contribution in [3.63, 3.8) is 0 Å². The smallest absolute Gasteiger partial charge is 0.121 e. The maximum atomic E-state index is 6.05. The van der Waals surface area contributed by atoms with Crippen LogP contribution in [0.2, 0.25) is 5.02 Å². The molecule has 0 aromatic heterocycles. The summed E-state index contributed by atoms with van der Waals surface area (Å²) in [5.74, 6) is 2.19. The minimum absolute atomic E-state index is 0.493. The van der Waals surface area contributed by atoms with Crippen LogP contribution in [0, 0.1) is 5.92 Å². The maximum Gasteiger partial charge on any atom is 0.121 e. The third kappa shape index (κ3) is 3.13. The van der Waals surface area contributed by atoms with Crippen molar-refractivity contribution in [3.8, 4) is 5.75 Å². The van der Waals surface area contributed by atoms with Crippen LogP contribution < -0.4 is 4.74 Å². The van der Waals surface area contributed by atoms with Gasteiger partial charge in [-0.15, -0.1) is 0 Å². The Morgan fingerprint density at radius 2 is 2.07 bits per heavy atom. The van der Waals surface area contributed by atoms with Gasteiger partial charge in [0.25, 0.3) is 0 Å². The number of hydrogen-bond acceptors (Lipinski definition) is 1. The van der Waals surface area contributed by atoms with E-state index in [9.17, 15) is 0 Å². The molecule has 0 amide bonds. The van der Waals surface area contributed by atoms with Crippen molar-refractivity contribution in [1.82, 2.24) is 0 Å². The second-order valence-electron chi connectivity index (χ2n) is 4.63. The van der Waals surface area contributed by atoms with Gasteiger partial charge in [-0.3, -0.25) is 0 Å². The quantitative estimate of drug-likeness (QED) is 0.743. The van der Waals surface area contributed by atoms with Crippen LogP contribution in [-0.2, 0) is 0 Å². The fourth-order valence-electron chi connectivity index (χ4n) is 1.50. The molecule has 0 unspecified atom stereocenters. The van der Waals surface area contributed by atoms with Crippen LogP contribution in [0.3, 0.4) is 0 Å². The predicted octanol–water partition coefficient (Wildman–Crippen LogP) is 4.25. The lowest BCUT2D eigenvalue weighted by Crippen LogP contribution is -1.99. The van der Waals surface area contributed by atoms with Gasteiger partial charge >= 0.3 is 0 Å². The van der Waals surface area contributed by atoms with Crippen molar-refractivity contribution < 1.29 is 4.74 Å². The summed E-state index contributed by atoms with van der Waals surface area (Å²) in [7, 11) is 0. The van der Waals surface area contributed by atoms with Gasteiger partial charge < -0.3 is 4.74 Å². The summed E-state index contributed by atoms with van der Waals surface area (Å²) in [6, 6.07) is 6.00. The van der Waals surface area contributed by atoms with E-state index < -0.39 is 0 Å². The number of halogens is 1. The molecule has 1 aliphatic rings. The maximum absolute atomic E-state index is 6.05. The molecule has 15 heavy (non-hydrogen) atoms. The lowest BCUT2D eigenvalue weighted by Gasteiger charge is -2.10. The second-order valence-corrected chi connectivity index (χ2v) is 5.07. The number of rotatable bonds is 4. The van der Waals surface area contributed by atoms with Crippen molar-refractivity contribution in [2.24, 2.45) is 5.92 Å². The highest BCUT2D eigenvalue weighted by atomic mass is 35.5. The fraction of sp³-hybridized carbons (Fsp3) is 0.538. The molecule has 1 nitrogen and oxygen atoms in total. The molecule has 1 fully saturated rings. The highest BCUT2D eigenvalue weighted by Gasteiger charge is 2.22. The third-order valence-corrected chi connectivity index (χ3v) is 2.96. The van der Waals surface area contributed by atoms with E-state index in [4.69, 9.17) is 16.3 Å². The van der Waals surface area contributed by atoms with E-state index in [1.807, 2.05) is 12.1 Å². The molecule has 0 bridgehead atoms. The van der Waals surface area contributed by atoms with Crippen molar-refractivity contribution in [1.29, 1.82) is 0 Å². The summed E-state index contributed by atoms with van der Waals surface area (Å²) in [5.41, 5.74) is 1.24. The largest absolute Gasteiger partial charge is 0.493 e. The molecule has 2 heteroatoms. The predicted molar refractivity (Wildman–Crippen MR) is 63.8 cm³/mol. The fourth-order valence-corrected chi connectivity index (χ4v) is 1.73. The van der Waals surface area contributed by atoms with E-state index in [2.05, 4.69) is 19.9 Å². The number of hydrogen-bond donors (Lipinski definition) is 0. The van der Waals surface area contributed by atoms with Crippen molar-refractivity contribution in [2.45, 2.75) is 32.6 Å². The van der Waals surface area contributed by atoms with Gasteiger partial charge in [0.1, 0.15) is 5.75 Å². The molecule has 0 N–H and O–H groups in total. The SMILES string of the molecule is CC(C)c1cc(Cl)cc(OCC2CC2)c1. The Balaban J connectivity index is 2.07. The van der Waals surface area contributed by atoms with E-state index >= 15 is 0 Å². The molecule has 0 heterocycles. The molecule has 1 aromatic rings. The highest BCUT2D eigenvalue weighted by molar-refractivity contribution is 6.30. The summed E-state index contributed by atoms with van der Waals surface area (Å²) in [5, 5.41) is 0.770. The molecule has 0 saturated heterocycles. The van der Waals surface area contributed by atoms with Gasteiger partial charge in [-0.25, -0.2) is 0 Å². The van der Waals surface area contributed by atoms with Gasteiger partial charge in [-0.2, -0.15) is 0 Å². The Morgan fingerprint density at radius 3 is 2.67 bits per heavy atom. The molecule has 82 valence electrons. The molecular formula is C13H17ClO. The molecule has 0 radical (unpaired) electrons. The number of ether oxygens (including phenoxy) is 1. The second kappa shape index (κ2) is 4.44. The van der Waals surface area contributed by atoms with Crippen LogP contribution in [0.15, 0.2) is 18.2 Å². The summed E-state index contributed by atoms with van der Waals surface area (Å²) in [6.45, 7) is 5.17. The molecule has 1 saturated carbocycles. The molecule has 0 spiro atoms. The zero-order valence-corrected chi connectivity index (χ0v) is 10.1. The van der Waals surface area contributed by atoms with Crippen LogP contribution in [0.25, 0.3) is 0 Å². The van der Waals surface area contributed by atoms with Crippen LogP contribution in [0.1, 0.15) is 38.2 Å². The van der Waals surface area contributed by atoms with Crippen LogP contribution in [0.5, 0.6) is 5.75 Å². The Kier molecular flexibility index (Phi) is 3.20. The average Bonchev–Trinajstić information content (AvgIpc) is 2.97. The van der Waals surface area contributed by atoms with Crippen LogP contribution in [-0.4, -0.2) is 6.61 Å². The molecular weight excluding hydrogens is 208 g/mol. The van der Waals surface area contributed by atoms with Gasteiger partial charge in [0.05, 0.1) is 6.61 Å². The minimum atomic E-state index is 0.493. The van der Waals surface area contributed by atoms with Gasteiger partial charge in [0, 0.05) is 5.02 Å². The first-order chi connectivity index (χ1) is 7.15. The van der Waals surface area contributed by atoms with Crippen molar-refractivity contribution in [3.05, 3.63) is 28.8 Å². The Morgan fingerprint density at radius 1 is 1.33 bits per heavy atom. The van der Waals surface area contributed by atoms with E-state index in [1.54, 1.807) is 0 Å². The van der Waals surface area contributed by atoms with Crippen molar-refractivity contribution >= 4 is 11.6 Å². The Bertz CT molecular complexity index is 342. The zero-order valence-electron chi connectivity index (χ0n) is 9.29. The molecule has 0 aliphatic heterocycles. The first-order valence-corrected chi connectivity index (χ1v) is 5.96. The van der Waals surface area contributed by atoms with E-state index in [1.165, 1.54) is 18.4 Å². The van der Waals surface area contributed by atoms with Crippen LogP contribution >= 0.6 is 11.6 Å². The summed E-state index contributed by atoms with van der Waals surface area (Å²) in [6.07, 6.45) is 2.63. The number of benzene rings is 1. The van der Waals surface area contributed by atoms with Gasteiger partial charge in [-0.1, -0.05) is 25.4 Å².